The van der Waals surface area contributed by atoms with Crippen LogP contribution in [0, 0.1) is 0 Å². The molecule has 1 aliphatic rings. The van der Waals surface area contributed by atoms with Gasteiger partial charge in [-0.05, 0) is 37.3 Å². The molecule has 4 rings (SSSR count). The van der Waals surface area contributed by atoms with Gasteiger partial charge in [0, 0.05) is 30.6 Å². The Morgan fingerprint density at radius 3 is 2.63 bits per heavy atom. The average Bonchev–Trinajstić information content (AvgIpc) is 3.15. The van der Waals surface area contributed by atoms with E-state index in [4.69, 9.17) is 21.1 Å². The highest BCUT2D eigenvalue weighted by molar-refractivity contribution is 6.31. The summed E-state index contributed by atoms with van der Waals surface area (Å²) in [6.07, 6.45) is 1.76. The SMILES string of the molecule is CCOCN1c2ccc(Cl)cc2N(c2ccccc2)C(=O)c2cn(CCOC)nc21. The topological polar surface area (TPSA) is 59.8 Å². The van der Waals surface area contributed by atoms with Crippen LogP contribution < -0.4 is 9.80 Å². The van der Waals surface area contributed by atoms with Gasteiger partial charge in [0.05, 0.1) is 24.5 Å². The molecule has 156 valence electrons. The highest BCUT2D eigenvalue weighted by Crippen LogP contribution is 2.44. The quantitative estimate of drug-likeness (QED) is 0.552. The van der Waals surface area contributed by atoms with E-state index >= 15 is 0 Å². The van der Waals surface area contributed by atoms with Crippen LogP contribution in [0.4, 0.5) is 22.9 Å². The molecule has 0 saturated heterocycles. The average molecular weight is 427 g/mol. The fourth-order valence-corrected chi connectivity index (χ4v) is 3.62. The van der Waals surface area contributed by atoms with E-state index in [2.05, 4.69) is 5.10 Å². The number of ether oxygens (including phenoxy) is 2. The predicted molar refractivity (Wildman–Crippen MR) is 117 cm³/mol. The molecule has 1 amide bonds. The summed E-state index contributed by atoms with van der Waals surface area (Å²) < 4.78 is 12.6. The number of methoxy groups -OCH3 is 1. The van der Waals surface area contributed by atoms with Gasteiger partial charge in [-0.3, -0.25) is 19.3 Å². The lowest BCUT2D eigenvalue weighted by atomic mass is 10.2. The van der Waals surface area contributed by atoms with Crippen LogP contribution in [0.25, 0.3) is 0 Å². The van der Waals surface area contributed by atoms with Crippen LogP contribution in [0.5, 0.6) is 0 Å². The van der Waals surface area contributed by atoms with E-state index < -0.39 is 0 Å². The first-order valence-corrected chi connectivity index (χ1v) is 10.1. The van der Waals surface area contributed by atoms with Crippen molar-refractivity contribution in [3.05, 3.63) is 65.3 Å². The van der Waals surface area contributed by atoms with Crippen LogP contribution in [0.15, 0.2) is 54.7 Å². The molecule has 0 spiro atoms. The molecule has 2 aromatic carbocycles. The van der Waals surface area contributed by atoms with E-state index in [-0.39, 0.29) is 12.6 Å². The number of amides is 1. The molecule has 0 N–H and O–H groups in total. The number of carbonyl (C=O) groups is 1. The summed E-state index contributed by atoms with van der Waals surface area (Å²) in [7, 11) is 1.64. The van der Waals surface area contributed by atoms with E-state index in [1.165, 1.54) is 0 Å². The normalized spacial score (nSPS) is 13.2. The Kier molecular flexibility index (Phi) is 6.03. The van der Waals surface area contributed by atoms with Gasteiger partial charge in [-0.2, -0.15) is 5.10 Å². The van der Waals surface area contributed by atoms with Gasteiger partial charge < -0.3 is 9.47 Å². The zero-order valence-corrected chi connectivity index (χ0v) is 17.7. The molecule has 0 bridgehead atoms. The minimum atomic E-state index is -0.178. The maximum absolute atomic E-state index is 13.7. The van der Waals surface area contributed by atoms with Gasteiger partial charge in [-0.1, -0.05) is 29.8 Å². The summed E-state index contributed by atoms with van der Waals surface area (Å²) in [6, 6.07) is 15.0. The molecular weight excluding hydrogens is 404 g/mol. The minimum absolute atomic E-state index is 0.178. The summed E-state index contributed by atoms with van der Waals surface area (Å²) in [5.41, 5.74) is 2.71. The van der Waals surface area contributed by atoms with Crippen molar-refractivity contribution < 1.29 is 14.3 Å². The number of aromatic nitrogens is 2. The van der Waals surface area contributed by atoms with E-state index in [0.717, 1.165) is 11.4 Å². The molecule has 30 heavy (non-hydrogen) atoms. The molecule has 1 aromatic heterocycles. The highest BCUT2D eigenvalue weighted by atomic mass is 35.5. The van der Waals surface area contributed by atoms with Gasteiger partial charge in [0.1, 0.15) is 12.3 Å². The van der Waals surface area contributed by atoms with Crippen molar-refractivity contribution in [3.63, 3.8) is 0 Å². The van der Waals surface area contributed by atoms with E-state index in [1.54, 1.807) is 35.0 Å². The van der Waals surface area contributed by atoms with Crippen LogP contribution in [-0.2, 0) is 16.0 Å². The Bertz CT molecular complexity index is 1040. The van der Waals surface area contributed by atoms with Crippen molar-refractivity contribution in [3.8, 4) is 0 Å². The van der Waals surface area contributed by atoms with Crippen LogP contribution in [-0.4, -0.2) is 42.7 Å². The highest BCUT2D eigenvalue weighted by Gasteiger charge is 2.34. The van der Waals surface area contributed by atoms with Crippen molar-refractivity contribution in [2.75, 3.05) is 36.9 Å². The van der Waals surface area contributed by atoms with Crippen LogP contribution in [0.2, 0.25) is 5.02 Å². The second kappa shape index (κ2) is 8.87. The second-order valence-electron chi connectivity index (χ2n) is 6.78. The second-order valence-corrected chi connectivity index (χ2v) is 7.22. The third-order valence-electron chi connectivity index (χ3n) is 4.86. The zero-order chi connectivity index (χ0) is 21.1. The number of fused-ring (bicyclic) bond motifs is 2. The fourth-order valence-electron chi connectivity index (χ4n) is 3.46. The Morgan fingerprint density at radius 1 is 1.10 bits per heavy atom. The number of para-hydroxylation sites is 1. The molecule has 7 nitrogen and oxygen atoms in total. The van der Waals surface area contributed by atoms with Crippen molar-refractivity contribution in [1.29, 1.82) is 0 Å². The minimum Gasteiger partial charge on any atom is -0.383 e. The Labute approximate surface area is 180 Å². The molecule has 0 aliphatic carbocycles. The van der Waals surface area contributed by atoms with Gasteiger partial charge >= 0.3 is 0 Å². The van der Waals surface area contributed by atoms with Gasteiger partial charge in [0.2, 0.25) is 0 Å². The van der Waals surface area contributed by atoms with E-state index in [9.17, 15) is 4.79 Å². The van der Waals surface area contributed by atoms with Crippen molar-refractivity contribution in [2.24, 2.45) is 0 Å². The van der Waals surface area contributed by atoms with Gasteiger partial charge in [0.25, 0.3) is 5.91 Å². The molecule has 0 radical (unpaired) electrons. The number of anilines is 4. The van der Waals surface area contributed by atoms with Crippen LogP contribution in [0.3, 0.4) is 0 Å². The smallest absolute Gasteiger partial charge is 0.268 e. The largest absolute Gasteiger partial charge is 0.383 e. The number of carbonyl (C=O) groups excluding carboxylic acids is 1. The summed E-state index contributed by atoms with van der Waals surface area (Å²) in [5, 5.41) is 5.23. The molecule has 3 aromatic rings. The molecule has 2 heterocycles. The first-order chi connectivity index (χ1) is 14.6. The number of hydrogen-bond donors (Lipinski definition) is 0. The van der Waals surface area contributed by atoms with Gasteiger partial charge in [-0.15, -0.1) is 0 Å². The molecule has 0 fully saturated rings. The maximum atomic E-state index is 13.7. The first-order valence-electron chi connectivity index (χ1n) is 9.74. The number of halogens is 1. The van der Waals surface area contributed by atoms with Crippen molar-refractivity contribution in [1.82, 2.24) is 9.78 Å². The number of rotatable bonds is 7. The van der Waals surface area contributed by atoms with Crippen molar-refractivity contribution in [2.45, 2.75) is 13.5 Å². The molecule has 0 unspecified atom stereocenters. The lowest BCUT2D eigenvalue weighted by Gasteiger charge is -2.26. The summed E-state index contributed by atoms with van der Waals surface area (Å²) >= 11 is 6.33. The molecule has 0 saturated carbocycles. The number of benzene rings is 2. The summed E-state index contributed by atoms with van der Waals surface area (Å²) in [4.78, 5) is 17.3. The summed E-state index contributed by atoms with van der Waals surface area (Å²) in [6.45, 7) is 3.76. The van der Waals surface area contributed by atoms with Gasteiger partial charge in [0.15, 0.2) is 5.82 Å². The van der Waals surface area contributed by atoms with Crippen molar-refractivity contribution >= 4 is 40.4 Å². The standard InChI is InChI=1S/C22H23ClN4O3/c1-3-30-15-26-19-10-9-16(23)13-20(19)27(17-7-5-4-6-8-17)22(28)18-14-25(11-12-29-2)24-21(18)26/h4-10,13-14H,3,11-12,15H2,1-2H3. The number of nitrogens with zero attached hydrogens (tertiary/aromatic N) is 4. The lowest BCUT2D eigenvalue weighted by Crippen LogP contribution is -2.25. The Hall–Kier alpha value is -2.87. The van der Waals surface area contributed by atoms with E-state index in [0.29, 0.717) is 41.8 Å². The molecule has 0 atom stereocenters. The number of hydrogen-bond acceptors (Lipinski definition) is 5. The van der Waals surface area contributed by atoms with E-state index in [1.807, 2.05) is 48.2 Å². The van der Waals surface area contributed by atoms with Crippen LogP contribution in [0.1, 0.15) is 17.3 Å². The predicted octanol–water partition coefficient (Wildman–Crippen LogP) is 4.61. The van der Waals surface area contributed by atoms with Crippen LogP contribution >= 0.6 is 11.6 Å². The lowest BCUT2D eigenvalue weighted by molar-refractivity contribution is 0.1000. The fraction of sp³-hybridized carbons (Fsp3) is 0.273. The maximum Gasteiger partial charge on any atom is 0.268 e. The third kappa shape index (κ3) is 3.79. The summed E-state index contributed by atoms with van der Waals surface area (Å²) in [5.74, 6) is 0.369. The Balaban J connectivity index is 1.93. The zero-order valence-electron chi connectivity index (χ0n) is 16.9. The van der Waals surface area contributed by atoms with Gasteiger partial charge in [-0.25, -0.2) is 0 Å². The molecule has 1 aliphatic heterocycles. The first kappa shape index (κ1) is 20.4. The third-order valence-corrected chi connectivity index (χ3v) is 5.10. The molecular formula is C22H23ClN4O3. The molecule has 8 heteroatoms. The monoisotopic (exact) mass is 426 g/mol. The Morgan fingerprint density at radius 2 is 1.90 bits per heavy atom.